The van der Waals surface area contributed by atoms with Crippen LogP contribution in [0, 0.1) is 20.8 Å². The van der Waals surface area contributed by atoms with E-state index in [1.807, 2.05) is 75.4 Å². The van der Waals surface area contributed by atoms with Gasteiger partial charge in [0, 0.05) is 37.2 Å². The summed E-state index contributed by atoms with van der Waals surface area (Å²) in [4.78, 5) is 20.9. The molecule has 0 unspecified atom stereocenters. The van der Waals surface area contributed by atoms with Crippen LogP contribution in [0.15, 0.2) is 71.4 Å². The van der Waals surface area contributed by atoms with Crippen LogP contribution in [0.3, 0.4) is 0 Å². The first kappa shape index (κ1) is 22.3. The first-order valence-electron chi connectivity index (χ1n) is 10.9. The molecule has 0 fully saturated rings. The van der Waals surface area contributed by atoms with Gasteiger partial charge in [-0.25, -0.2) is 9.97 Å². The predicted molar refractivity (Wildman–Crippen MR) is 127 cm³/mol. The van der Waals surface area contributed by atoms with E-state index < -0.39 is 0 Å². The quantitative estimate of drug-likeness (QED) is 0.379. The zero-order valence-electron chi connectivity index (χ0n) is 19.1. The molecular weight excluding hydrogens is 414 g/mol. The van der Waals surface area contributed by atoms with E-state index in [-0.39, 0.29) is 5.91 Å². The summed E-state index contributed by atoms with van der Waals surface area (Å²) < 4.78 is 11.7. The lowest BCUT2D eigenvalue weighted by Crippen LogP contribution is -2.23. The van der Waals surface area contributed by atoms with Crippen LogP contribution in [0.25, 0.3) is 11.3 Å². The SMILES string of the molecule is Cc1ccc(-c2cnc(CCC(=O)NCc3ccc(Oc4cc(C)ccc4C)nc3)o2)cc1. The topological polar surface area (TPSA) is 77.2 Å². The van der Waals surface area contributed by atoms with E-state index in [0.717, 1.165) is 28.0 Å². The summed E-state index contributed by atoms with van der Waals surface area (Å²) in [6.45, 7) is 6.46. The van der Waals surface area contributed by atoms with Crippen LogP contribution in [0.4, 0.5) is 0 Å². The predicted octanol–water partition coefficient (Wildman–Crippen LogP) is 5.70. The van der Waals surface area contributed by atoms with Gasteiger partial charge in [0.1, 0.15) is 5.75 Å². The van der Waals surface area contributed by atoms with Crippen LogP contribution < -0.4 is 10.1 Å². The summed E-state index contributed by atoms with van der Waals surface area (Å²) in [6, 6.07) is 17.8. The van der Waals surface area contributed by atoms with Gasteiger partial charge in [-0.1, -0.05) is 48.0 Å². The number of rotatable bonds is 8. The Morgan fingerprint density at radius 2 is 1.73 bits per heavy atom. The van der Waals surface area contributed by atoms with Crippen molar-refractivity contribution in [1.82, 2.24) is 15.3 Å². The average molecular weight is 442 g/mol. The van der Waals surface area contributed by atoms with Crippen molar-refractivity contribution in [2.24, 2.45) is 0 Å². The second kappa shape index (κ2) is 10.1. The van der Waals surface area contributed by atoms with Crippen LogP contribution in [0.5, 0.6) is 11.6 Å². The fourth-order valence-corrected chi connectivity index (χ4v) is 3.29. The number of amides is 1. The maximum absolute atomic E-state index is 12.3. The third-order valence-corrected chi connectivity index (χ3v) is 5.30. The average Bonchev–Trinajstić information content (AvgIpc) is 3.29. The van der Waals surface area contributed by atoms with Crippen LogP contribution in [0.2, 0.25) is 0 Å². The standard InChI is InChI=1S/C27H27N3O3/c1-18-5-9-22(10-6-18)24-17-30-27(33-24)13-11-25(31)28-15-21-8-12-26(29-16-21)32-23-14-19(2)4-7-20(23)3/h4-10,12,14,16-17H,11,13,15H2,1-3H3,(H,28,31). The van der Waals surface area contributed by atoms with Crippen LogP contribution in [0.1, 0.15) is 34.6 Å². The fourth-order valence-electron chi connectivity index (χ4n) is 3.29. The number of aryl methyl sites for hydroxylation is 4. The minimum absolute atomic E-state index is 0.0687. The van der Waals surface area contributed by atoms with E-state index in [4.69, 9.17) is 9.15 Å². The molecule has 1 N–H and O–H groups in total. The normalized spacial score (nSPS) is 10.8. The highest BCUT2D eigenvalue weighted by Gasteiger charge is 2.10. The molecule has 0 spiro atoms. The Morgan fingerprint density at radius 1 is 0.939 bits per heavy atom. The molecule has 4 aromatic rings. The molecule has 6 heteroatoms. The summed E-state index contributed by atoms with van der Waals surface area (Å²) in [5, 5.41) is 2.91. The van der Waals surface area contributed by atoms with E-state index in [2.05, 4.69) is 15.3 Å². The lowest BCUT2D eigenvalue weighted by atomic mass is 10.1. The second-order valence-corrected chi connectivity index (χ2v) is 8.14. The third kappa shape index (κ3) is 6.07. The van der Waals surface area contributed by atoms with Gasteiger partial charge in [-0.05, 0) is 43.5 Å². The van der Waals surface area contributed by atoms with Crippen LogP contribution in [-0.4, -0.2) is 15.9 Å². The maximum atomic E-state index is 12.3. The smallest absolute Gasteiger partial charge is 0.220 e. The molecule has 168 valence electrons. The maximum Gasteiger partial charge on any atom is 0.220 e. The molecule has 0 radical (unpaired) electrons. The second-order valence-electron chi connectivity index (χ2n) is 8.14. The number of hydrogen-bond acceptors (Lipinski definition) is 5. The lowest BCUT2D eigenvalue weighted by Gasteiger charge is -2.09. The van der Waals surface area contributed by atoms with Crippen molar-refractivity contribution in [3.8, 4) is 23.0 Å². The molecule has 0 aliphatic heterocycles. The van der Waals surface area contributed by atoms with Gasteiger partial charge in [0.2, 0.25) is 11.8 Å². The number of nitrogens with zero attached hydrogens (tertiary/aromatic N) is 2. The summed E-state index contributed by atoms with van der Waals surface area (Å²) in [6.07, 6.45) is 4.15. The molecule has 2 heterocycles. The van der Waals surface area contributed by atoms with Gasteiger partial charge in [0.15, 0.2) is 11.7 Å². The Kier molecular flexibility index (Phi) is 6.83. The highest BCUT2D eigenvalue weighted by atomic mass is 16.5. The number of oxazole rings is 1. The molecule has 2 aromatic carbocycles. The number of hydrogen-bond donors (Lipinski definition) is 1. The number of pyridine rings is 1. The van der Waals surface area contributed by atoms with Crippen molar-refractivity contribution in [3.63, 3.8) is 0 Å². The number of nitrogens with one attached hydrogen (secondary N) is 1. The van der Waals surface area contributed by atoms with Gasteiger partial charge in [0.05, 0.1) is 6.20 Å². The largest absolute Gasteiger partial charge is 0.441 e. The van der Waals surface area contributed by atoms with Gasteiger partial charge in [-0.3, -0.25) is 4.79 Å². The Balaban J connectivity index is 1.24. The molecule has 33 heavy (non-hydrogen) atoms. The summed E-state index contributed by atoms with van der Waals surface area (Å²) in [5.41, 5.74) is 5.24. The van der Waals surface area contributed by atoms with E-state index in [1.165, 1.54) is 5.56 Å². The third-order valence-electron chi connectivity index (χ3n) is 5.30. The summed E-state index contributed by atoms with van der Waals surface area (Å²) >= 11 is 0. The Bertz CT molecular complexity index is 1230. The zero-order chi connectivity index (χ0) is 23.2. The Hall–Kier alpha value is -3.93. The first-order valence-corrected chi connectivity index (χ1v) is 10.9. The van der Waals surface area contributed by atoms with Crippen molar-refractivity contribution in [2.75, 3.05) is 0 Å². The van der Waals surface area contributed by atoms with Crippen molar-refractivity contribution < 1.29 is 13.9 Å². The van der Waals surface area contributed by atoms with Crippen LogP contribution >= 0.6 is 0 Å². The molecular formula is C27H27N3O3. The Labute approximate surface area is 193 Å². The van der Waals surface area contributed by atoms with E-state index in [0.29, 0.717) is 36.9 Å². The number of carbonyl (C=O) groups is 1. The van der Waals surface area contributed by atoms with Crippen molar-refractivity contribution >= 4 is 5.91 Å². The minimum atomic E-state index is -0.0687. The lowest BCUT2D eigenvalue weighted by molar-refractivity contribution is -0.121. The van der Waals surface area contributed by atoms with Gasteiger partial charge < -0.3 is 14.5 Å². The molecule has 0 saturated heterocycles. The highest BCUT2D eigenvalue weighted by molar-refractivity contribution is 5.76. The Morgan fingerprint density at radius 3 is 2.48 bits per heavy atom. The molecule has 0 bridgehead atoms. The molecule has 0 aliphatic rings. The molecule has 1 amide bonds. The first-order chi connectivity index (χ1) is 16.0. The molecule has 4 rings (SSSR count). The zero-order valence-corrected chi connectivity index (χ0v) is 19.1. The van der Waals surface area contributed by atoms with Crippen molar-refractivity contribution in [1.29, 1.82) is 0 Å². The van der Waals surface area contributed by atoms with Gasteiger partial charge in [-0.2, -0.15) is 0 Å². The number of carbonyl (C=O) groups excluding carboxylic acids is 1. The fraction of sp³-hybridized carbons (Fsp3) is 0.222. The van der Waals surface area contributed by atoms with Crippen LogP contribution in [-0.2, 0) is 17.8 Å². The van der Waals surface area contributed by atoms with Gasteiger partial charge >= 0.3 is 0 Å². The summed E-state index contributed by atoms with van der Waals surface area (Å²) in [7, 11) is 0. The van der Waals surface area contributed by atoms with Crippen molar-refractivity contribution in [3.05, 3.63) is 95.1 Å². The molecule has 0 atom stereocenters. The molecule has 0 aliphatic carbocycles. The monoisotopic (exact) mass is 441 g/mol. The molecule has 6 nitrogen and oxygen atoms in total. The van der Waals surface area contributed by atoms with E-state index in [9.17, 15) is 4.79 Å². The van der Waals surface area contributed by atoms with Gasteiger partial charge in [-0.15, -0.1) is 0 Å². The number of aromatic nitrogens is 2. The van der Waals surface area contributed by atoms with E-state index >= 15 is 0 Å². The summed E-state index contributed by atoms with van der Waals surface area (Å²) in [5.74, 6) is 2.50. The van der Waals surface area contributed by atoms with E-state index in [1.54, 1.807) is 12.4 Å². The minimum Gasteiger partial charge on any atom is -0.441 e. The van der Waals surface area contributed by atoms with Crippen molar-refractivity contribution in [2.45, 2.75) is 40.2 Å². The van der Waals surface area contributed by atoms with Gasteiger partial charge in [0.25, 0.3) is 0 Å². The number of ether oxygens (including phenoxy) is 1. The highest BCUT2D eigenvalue weighted by Crippen LogP contribution is 2.25. The molecule has 2 aromatic heterocycles. The number of benzene rings is 2. The molecule has 0 saturated carbocycles.